The Bertz CT molecular complexity index is 589. The van der Waals surface area contributed by atoms with Crippen LogP contribution in [0, 0.1) is 0 Å². The third-order valence-corrected chi connectivity index (χ3v) is 5.99. The van der Waals surface area contributed by atoms with Gasteiger partial charge in [-0.2, -0.15) is 0 Å². The number of amides is 1. The quantitative estimate of drug-likeness (QED) is 0.796. The van der Waals surface area contributed by atoms with E-state index in [1.807, 2.05) is 4.90 Å². The second-order valence-corrected chi connectivity index (χ2v) is 7.24. The van der Waals surface area contributed by atoms with Crippen molar-refractivity contribution in [3.05, 3.63) is 21.9 Å². The molecule has 5 nitrogen and oxygen atoms in total. The van der Waals surface area contributed by atoms with Crippen LogP contribution in [-0.4, -0.2) is 55.1 Å². The molecule has 0 N–H and O–H groups in total. The summed E-state index contributed by atoms with van der Waals surface area (Å²) in [6.45, 7) is 3.64. The molecule has 126 valence electrons. The highest BCUT2D eigenvalue weighted by atomic mass is 32.1. The fraction of sp³-hybridized carbons (Fsp3) is 0.647. The first-order valence-corrected chi connectivity index (χ1v) is 8.99. The molecule has 2 aliphatic rings. The number of likely N-dealkylation sites (tertiary alicyclic amines) is 1. The van der Waals surface area contributed by atoms with Gasteiger partial charge < -0.3 is 14.4 Å². The lowest BCUT2D eigenvalue weighted by molar-refractivity contribution is -0.183. The van der Waals surface area contributed by atoms with Gasteiger partial charge in [0.05, 0.1) is 22.1 Å². The number of piperidine rings is 1. The number of carbonyl (C=O) groups excluding carboxylic acids is 2. The predicted octanol–water partition coefficient (Wildman–Crippen LogP) is 2.75. The van der Waals surface area contributed by atoms with E-state index in [-0.39, 0.29) is 23.4 Å². The van der Waals surface area contributed by atoms with E-state index in [9.17, 15) is 9.59 Å². The van der Waals surface area contributed by atoms with Crippen molar-refractivity contribution in [2.45, 2.75) is 44.3 Å². The minimum absolute atomic E-state index is 0.00480. The minimum Gasteiger partial charge on any atom is -0.378 e. The zero-order valence-corrected chi connectivity index (χ0v) is 14.5. The summed E-state index contributed by atoms with van der Waals surface area (Å²) in [6, 6.07) is 1.70. The van der Waals surface area contributed by atoms with Gasteiger partial charge in [-0.25, -0.2) is 0 Å². The zero-order chi connectivity index (χ0) is 16.4. The molecule has 2 saturated heterocycles. The van der Waals surface area contributed by atoms with Crippen LogP contribution in [0.25, 0.3) is 0 Å². The molecule has 1 unspecified atom stereocenters. The Morgan fingerprint density at radius 1 is 1.39 bits per heavy atom. The fourth-order valence-electron chi connectivity index (χ4n) is 3.60. The van der Waals surface area contributed by atoms with Gasteiger partial charge in [0.2, 0.25) is 0 Å². The Kier molecular flexibility index (Phi) is 4.85. The van der Waals surface area contributed by atoms with Gasteiger partial charge in [-0.15, -0.1) is 11.3 Å². The maximum absolute atomic E-state index is 12.6. The maximum atomic E-state index is 12.6. The Hall–Kier alpha value is -1.24. The molecule has 3 rings (SSSR count). The van der Waals surface area contributed by atoms with E-state index in [4.69, 9.17) is 9.47 Å². The summed E-state index contributed by atoms with van der Waals surface area (Å²) in [5.74, 6) is 0.0126. The first-order chi connectivity index (χ1) is 11.1. The van der Waals surface area contributed by atoms with E-state index >= 15 is 0 Å². The monoisotopic (exact) mass is 337 g/mol. The molecular weight excluding hydrogens is 314 g/mol. The summed E-state index contributed by atoms with van der Waals surface area (Å²) in [6.07, 6.45) is 3.80. The number of nitrogens with zero attached hydrogens (tertiary/aromatic N) is 1. The number of carbonyl (C=O) groups is 2. The van der Waals surface area contributed by atoms with Gasteiger partial charge in [-0.3, -0.25) is 9.59 Å². The Morgan fingerprint density at radius 2 is 2.13 bits per heavy atom. The fourth-order valence-corrected chi connectivity index (χ4v) is 4.39. The molecule has 3 heterocycles. The number of hydrogen-bond acceptors (Lipinski definition) is 5. The molecule has 6 heteroatoms. The number of Topliss-reactive ketones (excluding diaryl/α,β-unsaturated/α-hetero) is 1. The molecule has 1 atom stereocenters. The highest BCUT2D eigenvalue weighted by Crippen LogP contribution is 2.37. The van der Waals surface area contributed by atoms with Crippen molar-refractivity contribution in [2.75, 3.05) is 26.8 Å². The molecule has 2 fully saturated rings. The molecule has 1 spiro atoms. The summed E-state index contributed by atoms with van der Waals surface area (Å²) in [4.78, 5) is 26.5. The standard InChI is InChI=1S/C17H23NO4S/c1-12(19)14-10-13(11-23-14)16(20)18-7-5-17(6-8-18)15(21-2)4-3-9-22-17/h10-11,15H,3-9H2,1-2H3. The van der Waals surface area contributed by atoms with Crippen LogP contribution in [0.5, 0.6) is 0 Å². The molecule has 1 amide bonds. The first-order valence-electron chi connectivity index (χ1n) is 8.11. The normalized spacial score (nSPS) is 23.9. The molecule has 0 aliphatic carbocycles. The van der Waals surface area contributed by atoms with Crippen molar-refractivity contribution < 1.29 is 19.1 Å². The number of ketones is 1. The van der Waals surface area contributed by atoms with Crippen LogP contribution in [0.15, 0.2) is 11.4 Å². The van der Waals surface area contributed by atoms with Crippen LogP contribution in [-0.2, 0) is 9.47 Å². The highest BCUT2D eigenvalue weighted by Gasteiger charge is 2.45. The van der Waals surface area contributed by atoms with Gasteiger partial charge in [0.25, 0.3) is 5.91 Å². The topological polar surface area (TPSA) is 55.8 Å². The smallest absolute Gasteiger partial charge is 0.254 e. The van der Waals surface area contributed by atoms with Gasteiger partial charge in [-0.05, 0) is 38.7 Å². The summed E-state index contributed by atoms with van der Waals surface area (Å²) in [5.41, 5.74) is 0.382. The Morgan fingerprint density at radius 3 is 2.74 bits per heavy atom. The largest absolute Gasteiger partial charge is 0.378 e. The summed E-state index contributed by atoms with van der Waals surface area (Å²) in [7, 11) is 1.74. The SMILES string of the molecule is COC1CCCOC12CCN(C(=O)c1csc(C(C)=O)c1)CC2. The molecule has 0 saturated carbocycles. The number of rotatable bonds is 3. The molecule has 1 aromatic heterocycles. The maximum Gasteiger partial charge on any atom is 0.254 e. The molecule has 0 bridgehead atoms. The average Bonchev–Trinajstić information content (AvgIpc) is 3.06. The van der Waals surface area contributed by atoms with Gasteiger partial charge in [0, 0.05) is 32.2 Å². The minimum atomic E-state index is -0.233. The third-order valence-electron chi connectivity index (χ3n) is 4.96. The van der Waals surface area contributed by atoms with Crippen LogP contribution in [0.2, 0.25) is 0 Å². The predicted molar refractivity (Wildman–Crippen MR) is 88.2 cm³/mol. The van der Waals surface area contributed by atoms with Crippen LogP contribution < -0.4 is 0 Å². The van der Waals surface area contributed by atoms with E-state index in [1.54, 1.807) is 18.6 Å². The van der Waals surface area contributed by atoms with Crippen molar-refractivity contribution in [2.24, 2.45) is 0 Å². The molecule has 0 radical (unpaired) electrons. The summed E-state index contributed by atoms with van der Waals surface area (Å²) >= 11 is 1.33. The van der Waals surface area contributed by atoms with Gasteiger partial charge in [0.1, 0.15) is 0 Å². The third kappa shape index (κ3) is 3.20. The van der Waals surface area contributed by atoms with Crippen molar-refractivity contribution in [1.29, 1.82) is 0 Å². The number of thiophene rings is 1. The second-order valence-electron chi connectivity index (χ2n) is 6.33. The molecular formula is C17H23NO4S. The van der Waals surface area contributed by atoms with Gasteiger partial charge in [-0.1, -0.05) is 0 Å². The van der Waals surface area contributed by atoms with Crippen LogP contribution in [0.4, 0.5) is 0 Å². The lowest BCUT2D eigenvalue weighted by atomic mass is 9.81. The number of hydrogen-bond donors (Lipinski definition) is 0. The lowest BCUT2D eigenvalue weighted by Crippen LogP contribution is -2.56. The average molecular weight is 337 g/mol. The lowest BCUT2D eigenvalue weighted by Gasteiger charge is -2.48. The molecule has 0 aromatic carbocycles. The van der Waals surface area contributed by atoms with Gasteiger partial charge in [0.15, 0.2) is 5.78 Å². The number of ether oxygens (including phenoxy) is 2. The van der Waals surface area contributed by atoms with Crippen molar-refractivity contribution in [1.82, 2.24) is 4.90 Å². The van der Waals surface area contributed by atoms with Crippen molar-refractivity contribution >= 4 is 23.0 Å². The summed E-state index contributed by atoms with van der Waals surface area (Å²) in [5, 5.41) is 1.78. The Labute approximate surface area is 140 Å². The van der Waals surface area contributed by atoms with Crippen molar-refractivity contribution in [3.63, 3.8) is 0 Å². The van der Waals surface area contributed by atoms with Crippen LogP contribution >= 0.6 is 11.3 Å². The van der Waals surface area contributed by atoms with E-state index in [0.29, 0.717) is 23.5 Å². The van der Waals surface area contributed by atoms with E-state index < -0.39 is 0 Å². The molecule has 23 heavy (non-hydrogen) atoms. The second kappa shape index (κ2) is 6.71. The van der Waals surface area contributed by atoms with E-state index in [1.165, 1.54) is 18.3 Å². The molecule has 2 aliphatic heterocycles. The van der Waals surface area contributed by atoms with Crippen LogP contribution in [0.1, 0.15) is 52.6 Å². The van der Waals surface area contributed by atoms with E-state index in [2.05, 4.69) is 0 Å². The van der Waals surface area contributed by atoms with Crippen LogP contribution in [0.3, 0.4) is 0 Å². The first kappa shape index (κ1) is 16.6. The Balaban J connectivity index is 1.66. The van der Waals surface area contributed by atoms with Crippen molar-refractivity contribution in [3.8, 4) is 0 Å². The van der Waals surface area contributed by atoms with E-state index in [0.717, 1.165) is 32.3 Å². The zero-order valence-electron chi connectivity index (χ0n) is 13.7. The van der Waals surface area contributed by atoms with Gasteiger partial charge >= 0.3 is 0 Å². The number of methoxy groups -OCH3 is 1. The summed E-state index contributed by atoms with van der Waals surface area (Å²) < 4.78 is 11.7. The molecule has 1 aromatic rings. The highest BCUT2D eigenvalue weighted by molar-refractivity contribution is 7.12.